The molecule has 0 aliphatic carbocycles. The number of amides is 1. The fourth-order valence-electron chi connectivity index (χ4n) is 1.11. The smallest absolute Gasteiger partial charge is 0.406 e. The Morgan fingerprint density at radius 2 is 2.05 bits per heavy atom. The van der Waals surface area contributed by atoms with E-state index < -0.39 is 18.0 Å². The Kier molecular flexibility index (Phi) is 5.58. The highest BCUT2D eigenvalue weighted by Gasteiger charge is 2.31. The van der Waals surface area contributed by atoms with Gasteiger partial charge in [-0.2, -0.15) is 0 Å². The number of ether oxygens (including phenoxy) is 1. The van der Waals surface area contributed by atoms with Crippen molar-refractivity contribution < 1.29 is 32.6 Å². The highest BCUT2D eigenvalue weighted by Crippen LogP contribution is 2.27. The van der Waals surface area contributed by atoms with Gasteiger partial charge >= 0.3 is 6.36 Å². The Bertz CT molecular complexity index is 453. The van der Waals surface area contributed by atoms with Crippen molar-refractivity contribution in [1.82, 2.24) is 5.48 Å². The first-order valence-corrected chi connectivity index (χ1v) is 5.70. The van der Waals surface area contributed by atoms with E-state index in [0.717, 1.165) is 12.1 Å². The van der Waals surface area contributed by atoms with E-state index in [1.165, 1.54) is 6.07 Å². The molecule has 1 amide bonds. The number of hydrogen-bond acceptors (Lipinski definition) is 4. The standard InChI is InChI=1S/C10H9BrF3NO4/c11-7-3-6(9(17)15-18-2-1-16)4-8(5-7)19-10(12,13)14/h3-5,16H,1-2H2,(H,15,17). The van der Waals surface area contributed by atoms with Gasteiger partial charge in [-0.1, -0.05) is 15.9 Å². The number of alkyl halides is 3. The maximum atomic E-state index is 12.1. The molecule has 5 nitrogen and oxygen atoms in total. The third-order valence-electron chi connectivity index (χ3n) is 1.73. The molecule has 0 aromatic heterocycles. The molecule has 1 rings (SSSR count). The van der Waals surface area contributed by atoms with Crippen LogP contribution in [0.2, 0.25) is 0 Å². The molecule has 19 heavy (non-hydrogen) atoms. The zero-order chi connectivity index (χ0) is 14.5. The largest absolute Gasteiger partial charge is 0.573 e. The van der Waals surface area contributed by atoms with Gasteiger partial charge in [0, 0.05) is 10.0 Å². The fraction of sp³-hybridized carbons (Fsp3) is 0.300. The quantitative estimate of drug-likeness (QED) is 0.633. The Hall–Kier alpha value is -1.32. The van der Waals surface area contributed by atoms with Gasteiger partial charge in [-0.15, -0.1) is 13.2 Å². The van der Waals surface area contributed by atoms with Crippen molar-refractivity contribution in [1.29, 1.82) is 0 Å². The van der Waals surface area contributed by atoms with Gasteiger partial charge in [0.2, 0.25) is 0 Å². The molecule has 106 valence electrons. The van der Waals surface area contributed by atoms with Gasteiger partial charge in [-0.25, -0.2) is 5.48 Å². The van der Waals surface area contributed by atoms with E-state index in [0.29, 0.717) is 0 Å². The lowest BCUT2D eigenvalue weighted by Gasteiger charge is -2.11. The second-order valence-electron chi connectivity index (χ2n) is 3.23. The summed E-state index contributed by atoms with van der Waals surface area (Å²) < 4.78 is 40.1. The molecule has 0 atom stereocenters. The molecule has 1 aromatic carbocycles. The summed E-state index contributed by atoms with van der Waals surface area (Å²) in [5.74, 6) is -1.30. The van der Waals surface area contributed by atoms with Gasteiger partial charge in [-0.3, -0.25) is 9.63 Å². The number of carbonyl (C=O) groups excluding carboxylic acids is 1. The maximum Gasteiger partial charge on any atom is 0.573 e. The lowest BCUT2D eigenvalue weighted by atomic mass is 10.2. The molecule has 0 unspecified atom stereocenters. The van der Waals surface area contributed by atoms with Crippen LogP contribution in [0.1, 0.15) is 10.4 Å². The molecular formula is C10H9BrF3NO4. The molecule has 1 aromatic rings. The van der Waals surface area contributed by atoms with Crippen molar-refractivity contribution in [3.05, 3.63) is 28.2 Å². The van der Waals surface area contributed by atoms with Crippen molar-refractivity contribution in [2.75, 3.05) is 13.2 Å². The minimum atomic E-state index is -4.85. The molecule has 0 aliphatic rings. The number of aliphatic hydroxyl groups excluding tert-OH is 1. The molecule has 0 bridgehead atoms. The SMILES string of the molecule is O=C(NOCCO)c1cc(Br)cc(OC(F)(F)F)c1. The fourth-order valence-corrected chi connectivity index (χ4v) is 1.58. The molecule has 0 fully saturated rings. The Labute approximate surface area is 114 Å². The average Bonchev–Trinajstić information content (AvgIpc) is 2.26. The first-order chi connectivity index (χ1) is 8.81. The second kappa shape index (κ2) is 6.73. The summed E-state index contributed by atoms with van der Waals surface area (Å²) in [6, 6.07) is 3.27. The Morgan fingerprint density at radius 1 is 1.37 bits per heavy atom. The summed E-state index contributed by atoms with van der Waals surface area (Å²) in [6.07, 6.45) is -4.85. The minimum absolute atomic E-state index is 0.0911. The number of hydrogen-bond donors (Lipinski definition) is 2. The van der Waals surface area contributed by atoms with Crippen LogP contribution in [0.25, 0.3) is 0 Å². The van der Waals surface area contributed by atoms with E-state index in [4.69, 9.17) is 5.11 Å². The molecule has 0 heterocycles. The lowest BCUT2D eigenvalue weighted by Crippen LogP contribution is -2.25. The number of hydroxylamine groups is 1. The lowest BCUT2D eigenvalue weighted by molar-refractivity contribution is -0.274. The summed E-state index contributed by atoms with van der Waals surface area (Å²) in [5, 5.41) is 8.44. The summed E-state index contributed by atoms with van der Waals surface area (Å²) in [7, 11) is 0. The molecule has 0 saturated heterocycles. The van der Waals surface area contributed by atoms with E-state index in [1.807, 2.05) is 5.48 Å². The monoisotopic (exact) mass is 343 g/mol. The first kappa shape index (κ1) is 15.7. The third-order valence-corrected chi connectivity index (χ3v) is 2.18. The molecule has 9 heteroatoms. The summed E-state index contributed by atoms with van der Waals surface area (Å²) in [5.41, 5.74) is 1.87. The van der Waals surface area contributed by atoms with Crippen LogP contribution in [0.3, 0.4) is 0 Å². The van der Waals surface area contributed by atoms with Crippen molar-refractivity contribution in [2.24, 2.45) is 0 Å². The van der Waals surface area contributed by atoms with Crippen molar-refractivity contribution in [3.8, 4) is 5.75 Å². The van der Waals surface area contributed by atoms with Crippen LogP contribution in [0, 0.1) is 0 Å². The van der Waals surface area contributed by atoms with Gasteiger partial charge in [-0.05, 0) is 18.2 Å². The number of benzene rings is 1. The van der Waals surface area contributed by atoms with Gasteiger partial charge in [0.25, 0.3) is 5.91 Å². The number of aliphatic hydroxyl groups is 1. The van der Waals surface area contributed by atoms with Crippen LogP contribution in [-0.4, -0.2) is 30.6 Å². The Morgan fingerprint density at radius 3 is 2.63 bits per heavy atom. The van der Waals surface area contributed by atoms with Gasteiger partial charge < -0.3 is 9.84 Å². The van der Waals surface area contributed by atoms with Crippen LogP contribution < -0.4 is 10.2 Å². The highest BCUT2D eigenvalue weighted by atomic mass is 79.9. The number of nitrogens with one attached hydrogen (secondary N) is 1. The van der Waals surface area contributed by atoms with Crippen LogP contribution in [0.15, 0.2) is 22.7 Å². The number of halogens is 4. The van der Waals surface area contributed by atoms with Gasteiger partial charge in [0.1, 0.15) is 5.75 Å². The average molecular weight is 344 g/mol. The van der Waals surface area contributed by atoms with Gasteiger partial charge in [0.15, 0.2) is 0 Å². The van der Waals surface area contributed by atoms with Crippen molar-refractivity contribution in [2.45, 2.75) is 6.36 Å². The Balaban J connectivity index is 2.81. The summed E-state index contributed by atoms with van der Waals surface area (Å²) in [4.78, 5) is 16.1. The zero-order valence-electron chi connectivity index (χ0n) is 9.33. The van der Waals surface area contributed by atoms with Crippen LogP contribution >= 0.6 is 15.9 Å². The topological polar surface area (TPSA) is 67.8 Å². The molecule has 0 spiro atoms. The number of rotatable bonds is 5. The molecule has 0 saturated carbocycles. The predicted octanol–water partition coefficient (Wildman–Crippen LogP) is 2.00. The normalized spacial score (nSPS) is 11.2. The van der Waals surface area contributed by atoms with Crippen LogP contribution in [0.5, 0.6) is 5.75 Å². The van der Waals surface area contributed by atoms with E-state index >= 15 is 0 Å². The number of carbonyl (C=O) groups is 1. The van der Waals surface area contributed by atoms with E-state index in [1.54, 1.807) is 0 Å². The molecular weight excluding hydrogens is 335 g/mol. The second-order valence-corrected chi connectivity index (χ2v) is 4.14. The van der Waals surface area contributed by atoms with E-state index in [9.17, 15) is 18.0 Å². The maximum absolute atomic E-state index is 12.1. The zero-order valence-corrected chi connectivity index (χ0v) is 10.9. The third kappa shape index (κ3) is 5.90. The van der Waals surface area contributed by atoms with Crippen molar-refractivity contribution in [3.63, 3.8) is 0 Å². The minimum Gasteiger partial charge on any atom is -0.406 e. The molecule has 2 N–H and O–H groups in total. The van der Waals surface area contributed by atoms with Gasteiger partial charge in [0.05, 0.1) is 13.2 Å². The van der Waals surface area contributed by atoms with E-state index in [2.05, 4.69) is 25.5 Å². The van der Waals surface area contributed by atoms with Crippen molar-refractivity contribution >= 4 is 21.8 Å². The molecule has 0 radical (unpaired) electrons. The van der Waals surface area contributed by atoms with Crippen LogP contribution in [0.4, 0.5) is 13.2 Å². The van der Waals surface area contributed by atoms with E-state index in [-0.39, 0.29) is 23.2 Å². The molecule has 0 aliphatic heterocycles. The first-order valence-electron chi connectivity index (χ1n) is 4.91. The summed E-state index contributed by atoms with van der Waals surface area (Å²) in [6.45, 7) is -0.438. The highest BCUT2D eigenvalue weighted by molar-refractivity contribution is 9.10. The summed E-state index contributed by atoms with van der Waals surface area (Å²) >= 11 is 2.96. The predicted molar refractivity (Wildman–Crippen MR) is 61.3 cm³/mol. The van der Waals surface area contributed by atoms with Crippen LogP contribution in [-0.2, 0) is 4.84 Å².